The van der Waals surface area contributed by atoms with Crippen LogP contribution in [0.1, 0.15) is 44.6 Å². The Bertz CT molecular complexity index is 897. The average molecular weight is 503 g/mol. The maximum Gasteiger partial charge on any atom is 0.261 e. The van der Waals surface area contributed by atoms with Crippen LogP contribution in [0.15, 0.2) is 53.0 Å². The van der Waals surface area contributed by atoms with Gasteiger partial charge < -0.3 is 19.7 Å². The smallest absolute Gasteiger partial charge is 0.261 e. The van der Waals surface area contributed by atoms with Gasteiger partial charge in [-0.3, -0.25) is 9.59 Å². The number of ether oxygens (including phenoxy) is 2. The molecule has 2 aromatic rings. The van der Waals surface area contributed by atoms with Crippen LogP contribution in [0, 0.1) is 0 Å². The van der Waals surface area contributed by atoms with Gasteiger partial charge in [-0.1, -0.05) is 47.3 Å². The van der Waals surface area contributed by atoms with Gasteiger partial charge in [0.2, 0.25) is 5.91 Å². The standard InChI is InChI=1S/C25H31BrN2O4/c1-18(25(30)27-21-8-4-3-5-9-21)28(16-19-7-6-10-23(15-19)31-2)24(29)17-32-22-13-11-20(26)12-14-22/h6-7,10-15,18,21H,3-5,8-9,16-17H2,1-2H3,(H,27,30). The average Bonchev–Trinajstić information content (AvgIpc) is 2.82. The molecular weight excluding hydrogens is 472 g/mol. The molecule has 0 radical (unpaired) electrons. The van der Waals surface area contributed by atoms with E-state index in [1.165, 1.54) is 6.42 Å². The summed E-state index contributed by atoms with van der Waals surface area (Å²) in [6.07, 6.45) is 5.47. The summed E-state index contributed by atoms with van der Waals surface area (Å²) in [5.74, 6) is 0.932. The van der Waals surface area contributed by atoms with Crippen molar-refractivity contribution in [3.05, 3.63) is 58.6 Å². The fourth-order valence-electron chi connectivity index (χ4n) is 3.88. The number of methoxy groups -OCH3 is 1. The zero-order valence-electron chi connectivity index (χ0n) is 18.7. The molecule has 1 aliphatic rings. The van der Waals surface area contributed by atoms with E-state index >= 15 is 0 Å². The molecule has 7 heteroatoms. The molecule has 172 valence electrons. The van der Waals surface area contributed by atoms with E-state index < -0.39 is 6.04 Å². The van der Waals surface area contributed by atoms with Crippen LogP contribution in [-0.2, 0) is 16.1 Å². The first-order valence-electron chi connectivity index (χ1n) is 11.1. The van der Waals surface area contributed by atoms with Gasteiger partial charge in [0.1, 0.15) is 17.5 Å². The van der Waals surface area contributed by atoms with Gasteiger partial charge in [-0.25, -0.2) is 0 Å². The van der Waals surface area contributed by atoms with E-state index in [0.717, 1.165) is 35.7 Å². The van der Waals surface area contributed by atoms with Crippen molar-refractivity contribution < 1.29 is 19.1 Å². The lowest BCUT2D eigenvalue weighted by molar-refractivity contribution is -0.142. The van der Waals surface area contributed by atoms with Crippen LogP contribution in [-0.4, -0.2) is 42.5 Å². The van der Waals surface area contributed by atoms with Gasteiger partial charge in [-0.2, -0.15) is 0 Å². The van der Waals surface area contributed by atoms with E-state index in [1.807, 2.05) is 36.4 Å². The quantitative estimate of drug-likeness (QED) is 0.539. The third-order valence-electron chi connectivity index (χ3n) is 5.78. The number of carbonyl (C=O) groups excluding carboxylic acids is 2. The van der Waals surface area contributed by atoms with Crippen LogP contribution in [0.25, 0.3) is 0 Å². The third-order valence-corrected chi connectivity index (χ3v) is 6.31. The molecule has 0 aromatic heterocycles. The normalized spacial score (nSPS) is 15.0. The van der Waals surface area contributed by atoms with Crippen LogP contribution in [0.5, 0.6) is 11.5 Å². The number of benzene rings is 2. The van der Waals surface area contributed by atoms with Gasteiger partial charge in [0.15, 0.2) is 6.61 Å². The molecular formula is C25H31BrN2O4. The highest BCUT2D eigenvalue weighted by molar-refractivity contribution is 9.10. The first-order chi connectivity index (χ1) is 15.5. The van der Waals surface area contributed by atoms with Crippen LogP contribution in [0.3, 0.4) is 0 Å². The van der Waals surface area contributed by atoms with Crippen molar-refractivity contribution in [2.24, 2.45) is 0 Å². The van der Waals surface area contributed by atoms with Crippen molar-refractivity contribution >= 4 is 27.7 Å². The Morgan fingerprint density at radius 1 is 1.09 bits per heavy atom. The van der Waals surface area contributed by atoms with Crippen molar-refractivity contribution in [3.63, 3.8) is 0 Å². The van der Waals surface area contributed by atoms with Crippen LogP contribution in [0.4, 0.5) is 0 Å². The molecule has 2 aromatic carbocycles. The minimum atomic E-state index is -0.621. The lowest BCUT2D eigenvalue weighted by Crippen LogP contribution is -2.51. The molecule has 0 bridgehead atoms. The van der Waals surface area contributed by atoms with Crippen molar-refractivity contribution in [2.45, 2.75) is 57.7 Å². The molecule has 3 rings (SSSR count). The minimum Gasteiger partial charge on any atom is -0.497 e. The number of nitrogens with zero attached hydrogens (tertiary/aromatic N) is 1. The van der Waals surface area contributed by atoms with Gasteiger partial charge in [-0.05, 0) is 61.7 Å². The highest BCUT2D eigenvalue weighted by atomic mass is 79.9. The zero-order valence-corrected chi connectivity index (χ0v) is 20.3. The second-order valence-electron chi connectivity index (χ2n) is 8.14. The molecule has 0 heterocycles. The van der Waals surface area contributed by atoms with Gasteiger partial charge in [0.25, 0.3) is 5.91 Å². The maximum atomic E-state index is 13.2. The minimum absolute atomic E-state index is 0.128. The predicted octanol–water partition coefficient (Wildman–Crippen LogP) is 4.70. The van der Waals surface area contributed by atoms with Gasteiger partial charge in [0.05, 0.1) is 7.11 Å². The first-order valence-corrected chi connectivity index (χ1v) is 11.9. The number of hydrogen-bond donors (Lipinski definition) is 1. The topological polar surface area (TPSA) is 67.9 Å². The molecule has 1 saturated carbocycles. The van der Waals surface area contributed by atoms with Crippen molar-refractivity contribution in [3.8, 4) is 11.5 Å². The summed E-state index contributed by atoms with van der Waals surface area (Å²) in [5, 5.41) is 3.14. The van der Waals surface area contributed by atoms with E-state index in [2.05, 4.69) is 21.2 Å². The van der Waals surface area contributed by atoms with Gasteiger partial charge >= 0.3 is 0 Å². The second-order valence-corrected chi connectivity index (χ2v) is 9.05. The molecule has 1 fully saturated rings. The molecule has 0 aliphatic heterocycles. The molecule has 2 amide bonds. The molecule has 1 unspecified atom stereocenters. The summed E-state index contributed by atoms with van der Waals surface area (Å²) in [6, 6.07) is 14.4. The monoisotopic (exact) mass is 502 g/mol. The Morgan fingerprint density at radius 3 is 2.50 bits per heavy atom. The highest BCUT2D eigenvalue weighted by Gasteiger charge is 2.28. The van der Waals surface area contributed by atoms with Gasteiger partial charge in [-0.15, -0.1) is 0 Å². The zero-order chi connectivity index (χ0) is 22.9. The van der Waals surface area contributed by atoms with E-state index in [4.69, 9.17) is 9.47 Å². The van der Waals surface area contributed by atoms with E-state index in [9.17, 15) is 9.59 Å². The molecule has 1 aliphatic carbocycles. The lowest BCUT2D eigenvalue weighted by atomic mass is 9.95. The molecule has 1 atom stereocenters. The Balaban J connectivity index is 1.71. The maximum absolute atomic E-state index is 13.2. The second kappa shape index (κ2) is 11.9. The first kappa shape index (κ1) is 24.1. The van der Waals surface area contributed by atoms with E-state index in [-0.39, 0.29) is 24.5 Å². The summed E-state index contributed by atoms with van der Waals surface area (Å²) < 4.78 is 11.9. The number of carbonyl (C=O) groups is 2. The summed E-state index contributed by atoms with van der Waals surface area (Å²) in [7, 11) is 1.61. The third kappa shape index (κ3) is 6.99. The van der Waals surface area contributed by atoms with Crippen LogP contribution in [0.2, 0.25) is 0 Å². The molecule has 0 spiro atoms. The number of halogens is 1. The largest absolute Gasteiger partial charge is 0.497 e. The molecule has 6 nitrogen and oxygen atoms in total. The van der Waals surface area contributed by atoms with Crippen molar-refractivity contribution in [1.29, 1.82) is 0 Å². The Hall–Kier alpha value is -2.54. The number of amides is 2. The summed E-state index contributed by atoms with van der Waals surface area (Å²) in [6.45, 7) is 1.92. The summed E-state index contributed by atoms with van der Waals surface area (Å²) in [4.78, 5) is 27.7. The van der Waals surface area contributed by atoms with Crippen molar-refractivity contribution in [2.75, 3.05) is 13.7 Å². The lowest BCUT2D eigenvalue weighted by Gasteiger charge is -2.31. The Kier molecular flexibility index (Phi) is 8.97. The SMILES string of the molecule is COc1cccc(CN(C(=O)COc2ccc(Br)cc2)C(C)C(=O)NC2CCCCC2)c1. The van der Waals surface area contributed by atoms with E-state index in [0.29, 0.717) is 18.0 Å². The molecule has 32 heavy (non-hydrogen) atoms. The fraction of sp³-hybridized carbons (Fsp3) is 0.440. The predicted molar refractivity (Wildman–Crippen MR) is 128 cm³/mol. The summed E-state index contributed by atoms with van der Waals surface area (Å²) in [5.41, 5.74) is 0.888. The van der Waals surface area contributed by atoms with Gasteiger partial charge in [0, 0.05) is 17.1 Å². The highest BCUT2D eigenvalue weighted by Crippen LogP contribution is 2.20. The van der Waals surface area contributed by atoms with E-state index in [1.54, 1.807) is 31.1 Å². The number of rotatable bonds is 9. The van der Waals surface area contributed by atoms with Crippen LogP contribution >= 0.6 is 15.9 Å². The van der Waals surface area contributed by atoms with Crippen molar-refractivity contribution in [1.82, 2.24) is 10.2 Å². The summed E-state index contributed by atoms with van der Waals surface area (Å²) >= 11 is 3.39. The number of hydrogen-bond acceptors (Lipinski definition) is 4. The Morgan fingerprint density at radius 2 is 1.81 bits per heavy atom. The van der Waals surface area contributed by atoms with Crippen LogP contribution < -0.4 is 14.8 Å². The molecule has 1 N–H and O–H groups in total. The fourth-order valence-corrected chi connectivity index (χ4v) is 4.14. The Labute approximate surface area is 198 Å². The molecule has 0 saturated heterocycles. The number of nitrogens with one attached hydrogen (secondary N) is 1.